The van der Waals surface area contributed by atoms with Gasteiger partial charge in [0, 0.05) is 19.1 Å². The van der Waals surface area contributed by atoms with Crippen LogP contribution in [-0.2, 0) is 0 Å². The van der Waals surface area contributed by atoms with Gasteiger partial charge in [0.15, 0.2) is 0 Å². The number of anilines is 3. The van der Waals surface area contributed by atoms with Crippen LogP contribution < -0.4 is 16.0 Å². The van der Waals surface area contributed by atoms with Crippen molar-refractivity contribution in [3.63, 3.8) is 0 Å². The number of para-hydroxylation sites is 1. The number of carbonyl (C=O) groups is 1. The van der Waals surface area contributed by atoms with Crippen LogP contribution in [0, 0.1) is 5.82 Å². The molecule has 0 heterocycles. The first-order valence-corrected chi connectivity index (χ1v) is 6.60. The van der Waals surface area contributed by atoms with Crippen LogP contribution in [0.3, 0.4) is 0 Å². The molecule has 0 aliphatic carbocycles. The second kappa shape index (κ2) is 6.01. The first kappa shape index (κ1) is 15.1. The molecule has 0 aromatic heterocycles. The maximum atomic E-state index is 13.4. The van der Waals surface area contributed by atoms with Crippen LogP contribution in [0.2, 0.25) is 5.02 Å². The summed E-state index contributed by atoms with van der Waals surface area (Å²) in [5.41, 5.74) is 6.81. The molecule has 0 atom stereocenters. The van der Waals surface area contributed by atoms with E-state index in [9.17, 15) is 9.18 Å². The Morgan fingerprint density at radius 2 is 2.00 bits per heavy atom. The van der Waals surface area contributed by atoms with Crippen molar-refractivity contribution >= 4 is 34.6 Å². The number of benzene rings is 2. The molecule has 2 aromatic carbocycles. The van der Waals surface area contributed by atoms with Crippen LogP contribution in [0.5, 0.6) is 0 Å². The minimum absolute atomic E-state index is 0.0830. The van der Waals surface area contributed by atoms with E-state index in [1.165, 1.54) is 18.2 Å². The van der Waals surface area contributed by atoms with Gasteiger partial charge in [0.2, 0.25) is 0 Å². The summed E-state index contributed by atoms with van der Waals surface area (Å²) >= 11 is 5.95. The molecule has 6 heteroatoms. The molecule has 0 bridgehead atoms. The second-order valence-electron chi connectivity index (χ2n) is 4.71. The third kappa shape index (κ3) is 3.25. The van der Waals surface area contributed by atoms with Crippen LogP contribution >= 0.6 is 11.6 Å². The highest BCUT2D eigenvalue weighted by atomic mass is 35.5. The highest BCUT2D eigenvalue weighted by molar-refractivity contribution is 6.31. The Morgan fingerprint density at radius 1 is 1.29 bits per heavy atom. The number of nitrogens with one attached hydrogen (secondary N) is 1. The molecule has 1 amide bonds. The number of nitrogens with two attached hydrogens (primary N) is 1. The Kier molecular flexibility index (Phi) is 4.33. The van der Waals surface area contributed by atoms with Gasteiger partial charge >= 0.3 is 0 Å². The van der Waals surface area contributed by atoms with Crippen molar-refractivity contribution in [2.45, 2.75) is 0 Å². The molecule has 0 fully saturated rings. The van der Waals surface area contributed by atoms with E-state index in [1.54, 1.807) is 18.2 Å². The first-order valence-electron chi connectivity index (χ1n) is 6.22. The minimum Gasteiger partial charge on any atom is -0.396 e. The number of hydrogen-bond acceptors (Lipinski definition) is 3. The number of halogens is 2. The zero-order valence-corrected chi connectivity index (χ0v) is 12.4. The van der Waals surface area contributed by atoms with E-state index in [0.29, 0.717) is 10.7 Å². The molecule has 21 heavy (non-hydrogen) atoms. The van der Waals surface area contributed by atoms with E-state index in [2.05, 4.69) is 5.32 Å². The smallest absolute Gasteiger partial charge is 0.257 e. The molecule has 3 N–H and O–H groups in total. The van der Waals surface area contributed by atoms with E-state index < -0.39 is 11.7 Å². The topological polar surface area (TPSA) is 58.4 Å². The van der Waals surface area contributed by atoms with Crippen LogP contribution in [-0.4, -0.2) is 20.0 Å². The molecule has 0 aliphatic rings. The van der Waals surface area contributed by atoms with Crippen molar-refractivity contribution in [3.8, 4) is 0 Å². The van der Waals surface area contributed by atoms with Crippen LogP contribution in [0.15, 0.2) is 36.4 Å². The summed E-state index contributed by atoms with van der Waals surface area (Å²) in [6, 6.07) is 9.25. The zero-order valence-electron chi connectivity index (χ0n) is 11.7. The first-order chi connectivity index (χ1) is 9.90. The third-order valence-electron chi connectivity index (χ3n) is 2.99. The zero-order chi connectivity index (χ0) is 15.6. The number of carbonyl (C=O) groups excluding carboxylic acids is 1. The maximum Gasteiger partial charge on any atom is 0.257 e. The van der Waals surface area contributed by atoms with Crippen molar-refractivity contribution in [1.82, 2.24) is 0 Å². The van der Waals surface area contributed by atoms with Crippen molar-refractivity contribution in [2.75, 3.05) is 30.0 Å². The summed E-state index contributed by atoms with van der Waals surface area (Å²) in [6.07, 6.45) is 0. The molecule has 0 saturated carbocycles. The van der Waals surface area contributed by atoms with Crippen molar-refractivity contribution < 1.29 is 9.18 Å². The summed E-state index contributed by atoms with van der Waals surface area (Å²) in [5, 5.41) is 3.19. The Hall–Kier alpha value is -2.27. The lowest BCUT2D eigenvalue weighted by Gasteiger charge is -2.18. The fraction of sp³-hybridized carbons (Fsp3) is 0.133. The molecule has 110 valence electrons. The van der Waals surface area contributed by atoms with Crippen molar-refractivity contribution in [3.05, 3.63) is 52.8 Å². The number of nitrogen functional groups attached to an aromatic ring is 1. The largest absolute Gasteiger partial charge is 0.396 e. The van der Waals surface area contributed by atoms with Gasteiger partial charge in [0.1, 0.15) is 5.82 Å². The average molecular weight is 308 g/mol. The fourth-order valence-electron chi connectivity index (χ4n) is 1.92. The Bertz CT molecular complexity index is 689. The molecule has 0 saturated heterocycles. The Labute approximate surface area is 127 Å². The summed E-state index contributed by atoms with van der Waals surface area (Å²) < 4.78 is 13.4. The van der Waals surface area contributed by atoms with Gasteiger partial charge in [-0.25, -0.2) is 4.39 Å². The number of amides is 1. The van der Waals surface area contributed by atoms with Crippen LogP contribution in [0.25, 0.3) is 0 Å². The fourth-order valence-corrected chi connectivity index (χ4v) is 2.10. The predicted molar refractivity (Wildman–Crippen MR) is 84.5 cm³/mol. The van der Waals surface area contributed by atoms with Gasteiger partial charge in [-0.1, -0.05) is 17.7 Å². The Balaban J connectivity index is 2.36. The van der Waals surface area contributed by atoms with E-state index in [4.69, 9.17) is 17.3 Å². The molecule has 4 nitrogen and oxygen atoms in total. The number of hydrogen-bond donors (Lipinski definition) is 2. The Morgan fingerprint density at radius 3 is 2.67 bits per heavy atom. The van der Waals surface area contributed by atoms with Crippen LogP contribution in [0.1, 0.15) is 10.4 Å². The van der Waals surface area contributed by atoms with Crippen LogP contribution in [0.4, 0.5) is 21.5 Å². The van der Waals surface area contributed by atoms with Gasteiger partial charge in [-0.3, -0.25) is 4.79 Å². The summed E-state index contributed by atoms with van der Waals surface area (Å²) in [4.78, 5) is 14.1. The molecule has 2 aromatic rings. The molecule has 0 spiro atoms. The average Bonchev–Trinajstić information content (AvgIpc) is 2.41. The lowest BCUT2D eigenvalue weighted by atomic mass is 10.1. The van der Waals surface area contributed by atoms with E-state index >= 15 is 0 Å². The standard InChI is InChI=1S/C15H15ClFN3O/c1-20(2)13-7-6-9(16)8-12(13)19-15(21)10-4-3-5-11(17)14(10)18/h3-8H,18H2,1-2H3,(H,19,21). The van der Waals surface area contributed by atoms with Crippen molar-refractivity contribution in [2.24, 2.45) is 0 Å². The third-order valence-corrected chi connectivity index (χ3v) is 3.22. The quantitative estimate of drug-likeness (QED) is 0.855. The molecule has 0 aliphatic heterocycles. The van der Waals surface area contributed by atoms with E-state index in [-0.39, 0.29) is 11.3 Å². The van der Waals surface area contributed by atoms with E-state index in [0.717, 1.165) is 5.69 Å². The highest BCUT2D eigenvalue weighted by Crippen LogP contribution is 2.28. The molecular formula is C15H15ClFN3O. The molecule has 0 radical (unpaired) electrons. The van der Waals surface area contributed by atoms with Gasteiger partial charge in [-0.2, -0.15) is 0 Å². The summed E-state index contributed by atoms with van der Waals surface area (Å²) in [6.45, 7) is 0. The second-order valence-corrected chi connectivity index (χ2v) is 5.15. The van der Waals surface area contributed by atoms with Gasteiger partial charge in [-0.05, 0) is 30.3 Å². The lowest BCUT2D eigenvalue weighted by molar-refractivity contribution is 0.102. The predicted octanol–water partition coefficient (Wildman–Crippen LogP) is 3.38. The molecular weight excluding hydrogens is 293 g/mol. The van der Waals surface area contributed by atoms with Gasteiger partial charge in [0.05, 0.1) is 22.6 Å². The molecule has 0 unspecified atom stereocenters. The van der Waals surface area contributed by atoms with Crippen molar-refractivity contribution in [1.29, 1.82) is 0 Å². The molecule has 2 rings (SSSR count). The highest BCUT2D eigenvalue weighted by Gasteiger charge is 2.15. The van der Waals surface area contributed by atoms with Gasteiger partial charge in [0.25, 0.3) is 5.91 Å². The van der Waals surface area contributed by atoms with Gasteiger partial charge in [-0.15, -0.1) is 0 Å². The number of rotatable bonds is 3. The summed E-state index contributed by atoms with van der Waals surface area (Å²) in [5.74, 6) is -1.11. The summed E-state index contributed by atoms with van der Waals surface area (Å²) in [7, 11) is 3.69. The van der Waals surface area contributed by atoms with E-state index in [1.807, 2.05) is 19.0 Å². The SMILES string of the molecule is CN(C)c1ccc(Cl)cc1NC(=O)c1cccc(F)c1N. The monoisotopic (exact) mass is 307 g/mol. The van der Waals surface area contributed by atoms with Gasteiger partial charge < -0.3 is 16.0 Å². The normalized spacial score (nSPS) is 10.3. The minimum atomic E-state index is -0.624. The lowest BCUT2D eigenvalue weighted by Crippen LogP contribution is -2.18. The number of nitrogens with zero attached hydrogens (tertiary/aromatic N) is 1. The maximum absolute atomic E-state index is 13.4.